The molecule has 20 heavy (non-hydrogen) atoms. The molecule has 4 heteroatoms. The van der Waals surface area contributed by atoms with E-state index in [-0.39, 0.29) is 5.69 Å². The summed E-state index contributed by atoms with van der Waals surface area (Å²) < 4.78 is 27.0. The van der Waals surface area contributed by atoms with E-state index in [0.29, 0.717) is 6.54 Å². The third-order valence-corrected chi connectivity index (χ3v) is 3.70. The zero-order valence-electron chi connectivity index (χ0n) is 11.3. The first-order valence-corrected chi connectivity index (χ1v) is 6.66. The number of hydrogen-bond acceptors (Lipinski definition) is 2. The molecule has 0 spiro atoms. The second-order valence-corrected chi connectivity index (χ2v) is 5.08. The summed E-state index contributed by atoms with van der Waals surface area (Å²) in [4.78, 5) is 2.21. The maximum atomic E-state index is 13.5. The fraction of sp³-hybridized carbons (Fsp3) is 0.250. The van der Waals surface area contributed by atoms with Crippen molar-refractivity contribution < 1.29 is 8.78 Å². The summed E-state index contributed by atoms with van der Waals surface area (Å²) in [5.41, 5.74) is 3.50. The summed E-state index contributed by atoms with van der Waals surface area (Å²) >= 11 is 0. The van der Waals surface area contributed by atoms with Gasteiger partial charge in [0, 0.05) is 25.8 Å². The van der Waals surface area contributed by atoms with Crippen molar-refractivity contribution >= 4 is 11.4 Å². The Morgan fingerprint density at radius 1 is 1.15 bits per heavy atom. The van der Waals surface area contributed by atoms with Gasteiger partial charge >= 0.3 is 0 Å². The fourth-order valence-corrected chi connectivity index (χ4v) is 2.59. The number of anilines is 2. The lowest BCUT2D eigenvalue weighted by Gasteiger charge is -2.13. The van der Waals surface area contributed by atoms with Crippen LogP contribution in [0.15, 0.2) is 36.4 Å². The van der Waals surface area contributed by atoms with Crippen LogP contribution in [0, 0.1) is 11.6 Å². The molecule has 0 atom stereocenters. The minimum absolute atomic E-state index is 0.0647. The van der Waals surface area contributed by atoms with Crippen LogP contribution in [0.3, 0.4) is 0 Å². The number of nitrogens with zero attached hydrogens (tertiary/aromatic N) is 1. The average Bonchev–Trinajstić information content (AvgIpc) is 2.79. The van der Waals surface area contributed by atoms with Gasteiger partial charge in [-0.15, -0.1) is 0 Å². The number of hydrogen-bond donors (Lipinski definition) is 1. The second kappa shape index (κ2) is 5.12. The summed E-state index contributed by atoms with van der Waals surface area (Å²) in [5.74, 6) is -1.13. The molecule has 1 N–H and O–H groups in total. The van der Waals surface area contributed by atoms with E-state index in [1.807, 2.05) is 6.07 Å². The number of rotatable bonds is 3. The van der Waals surface area contributed by atoms with E-state index in [1.54, 1.807) is 0 Å². The molecular formula is C16H16F2N2. The molecule has 2 aromatic carbocycles. The highest BCUT2D eigenvalue weighted by molar-refractivity contribution is 5.59. The Morgan fingerprint density at radius 3 is 2.65 bits per heavy atom. The van der Waals surface area contributed by atoms with Crippen LogP contribution in [0.4, 0.5) is 20.2 Å². The largest absolute Gasteiger partial charge is 0.376 e. The summed E-state index contributed by atoms with van der Waals surface area (Å²) in [6.07, 6.45) is 1.02. The van der Waals surface area contributed by atoms with Crippen LogP contribution < -0.4 is 10.2 Å². The highest BCUT2D eigenvalue weighted by atomic mass is 19.1. The van der Waals surface area contributed by atoms with Crippen LogP contribution in [0.1, 0.15) is 11.1 Å². The predicted molar refractivity (Wildman–Crippen MR) is 77.1 cm³/mol. The highest BCUT2D eigenvalue weighted by Gasteiger charge is 2.15. The van der Waals surface area contributed by atoms with E-state index >= 15 is 0 Å². The van der Waals surface area contributed by atoms with Crippen molar-refractivity contribution in [3.8, 4) is 0 Å². The van der Waals surface area contributed by atoms with Gasteiger partial charge in [-0.25, -0.2) is 8.78 Å². The molecular weight excluding hydrogens is 258 g/mol. The maximum Gasteiger partial charge on any atom is 0.149 e. The van der Waals surface area contributed by atoms with Gasteiger partial charge in [-0.1, -0.05) is 18.2 Å². The number of likely N-dealkylation sites (N-methyl/N-ethyl adjacent to an activating group) is 1. The molecule has 0 amide bonds. The Kier molecular flexibility index (Phi) is 3.30. The van der Waals surface area contributed by atoms with Crippen LogP contribution >= 0.6 is 0 Å². The van der Waals surface area contributed by atoms with Crippen molar-refractivity contribution in [3.63, 3.8) is 0 Å². The van der Waals surface area contributed by atoms with Gasteiger partial charge in [0.25, 0.3) is 0 Å². The lowest BCUT2D eigenvalue weighted by atomic mass is 10.1. The summed E-state index contributed by atoms with van der Waals surface area (Å²) in [6, 6.07) is 10.0. The topological polar surface area (TPSA) is 15.3 Å². The SMILES string of the molecule is CN1CCc2cc(CNc3c(F)cccc3F)ccc21. The van der Waals surface area contributed by atoms with Crippen molar-refractivity contribution in [2.45, 2.75) is 13.0 Å². The van der Waals surface area contributed by atoms with Gasteiger partial charge in [-0.3, -0.25) is 0 Å². The van der Waals surface area contributed by atoms with Crippen LogP contribution in [-0.4, -0.2) is 13.6 Å². The quantitative estimate of drug-likeness (QED) is 0.920. The normalized spacial score (nSPS) is 13.4. The smallest absolute Gasteiger partial charge is 0.149 e. The maximum absolute atomic E-state index is 13.5. The number of benzene rings is 2. The summed E-state index contributed by atoms with van der Waals surface area (Å²) in [5, 5.41) is 2.84. The molecule has 2 nitrogen and oxygen atoms in total. The first kappa shape index (κ1) is 12.9. The van der Waals surface area contributed by atoms with Gasteiger partial charge in [0.05, 0.1) is 0 Å². The van der Waals surface area contributed by atoms with Crippen LogP contribution in [0.5, 0.6) is 0 Å². The first-order valence-electron chi connectivity index (χ1n) is 6.66. The van der Waals surface area contributed by atoms with E-state index in [0.717, 1.165) is 18.5 Å². The molecule has 3 rings (SSSR count). The van der Waals surface area contributed by atoms with E-state index in [2.05, 4.69) is 29.4 Å². The molecule has 1 aliphatic heterocycles. The number of nitrogens with one attached hydrogen (secondary N) is 1. The standard InChI is InChI=1S/C16H16F2N2/c1-20-8-7-12-9-11(5-6-15(12)20)10-19-16-13(17)3-2-4-14(16)18/h2-6,9,19H,7-8,10H2,1H3. The van der Waals surface area contributed by atoms with Gasteiger partial charge < -0.3 is 10.2 Å². The van der Waals surface area contributed by atoms with Gasteiger partial charge in [0.2, 0.25) is 0 Å². The third kappa shape index (κ3) is 2.33. The van der Waals surface area contributed by atoms with Crippen LogP contribution in [-0.2, 0) is 13.0 Å². The molecule has 0 saturated heterocycles. The average molecular weight is 274 g/mol. The Morgan fingerprint density at radius 2 is 1.90 bits per heavy atom. The highest BCUT2D eigenvalue weighted by Crippen LogP contribution is 2.28. The first-order chi connectivity index (χ1) is 9.65. The third-order valence-electron chi connectivity index (χ3n) is 3.70. The zero-order valence-corrected chi connectivity index (χ0v) is 11.3. The zero-order chi connectivity index (χ0) is 14.1. The molecule has 0 radical (unpaired) electrons. The minimum atomic E-state index is -0.564. The van der Waals surface area contributed by atoms with Gasteiger partial charge in [-0.05, 0) is 35.7 Å². The molecule has 0 unspecified atom stereocenters. The Bertz CT molecular complexity index is 620. The van der Waals surface area contributed by atoms with Crippen molar-refractivity contribution in [1.82, 2.24) is 0 Å². The van der Waals surface area contributed by atoms with Crippen LogP contribution in [0.2, 0.25) is 0 Å². The van der Waals surface area contributed by atoms with Gasteiger partial charge in [-0.2, -0.15) is 0 Å². The lowest BCUT2D eigenvalue weighted by molar-refractivity contribution is 0.588. The monoisotopic (exact) mass is 274 g/mol. The van der Waals surface area contributed by atoms with Gasteiger partial charge in [0.15, 0.2) is 0 Å². The Balaban J connectivity index is 1.76. The molecule has 0 aromatic heterocycles. The fourth-order valence-electron chi connectivity index (χ4n) is 2.59. The molecule has 104 valence electrons. The van der Waals surface area contributed by atoms with Crippen molar-refractivity contribution in [2.24, 2.45) is 0 Å². The lowest BCUT2D eigenvalue weighted by Crippen LogP contribution is -2.12. The van der Waals surface area contributed by atoms with Crippen molar-refractivity contribution in [2.75, 3.05) is 23.8 Å². The molecule has 1 heterocycles. The van der Waals surface area contributed by atoms with E-state index in [9.17, 15) is 8.78 Å². The number of halogens is 2. The predicted octanol–water partition coefficient (Wildman–Crippen LogP) is 3.57. The number of para-hydroxylation sites is 1. The molecule has 0 saturated carbocycles. The van der Waals surface area contributed by atoms with Gasteiger partial charge in [0.1, 0.15) is 17.3 Å². The Hall–Kier alpha value is -2.10. The molecule has 1 aliphatic rings. The van der Waals surface area contributed by atoms with E-state index in [1.165, 1.54) is 29.4 Å². The molecule has 0 aliphatic carbocycles. The Labute approximate surface area is 117 Å². The number of fused-ring (bicyclic) bond motifs is 1. The van der Waals surface area contributed by atoms with Crippen molar-refractivity contribution in [3.05, 3.63) is 59.2 Å². The summed E-state index contributed by atoms with van der Waals surface area (Å²) in [7, 11) is 2.07. The van der Waals surface area contributed by atoms with Crippen molar-refractivity contribution in [1.29, 1.82) is 0 Å². The summed E-state index contributed by atoms with van der Waals surface area (Å²) in [6.45, 7) is 1.43. The second-order valence-electron chi connectivity index (χ2n) is 5.08. The van der Waals surface area contributed by atoms with Crippen LogP contribution in [0.25, 0.3) is 0 Å². The molecule has 2 aromatic rings. The minimum Gasteiger partial charge on any atom is -0.376 e. The van der Waals surface area contributed by atoms with E-state index in [4.69, 9.17) is 0 Å². The van der Waals surface area contributed by atoms with E-state index < -0.39 is 11.6 Å². The molecule has 0 bridgehead atoms. The molecule has 0 fully saturated rings.